The highest BCUT2D eigenvalue weighted by Gasteiger charge is 2.21. The van der Waals surface area contributed by atoms with Gasteiger partial charge >= 0.3 is 0 Å². The molecule has 0 saturated carbocycles. The summed E-state index contributed by atoms with van der Waals surface area (Å²) in [6.07, 6.45) is 0.890. The van der Waals surface area contributed by atoms with Crippen molar-refractivity contribution in [3.05, 3.63) is 14.7 Å². The fourth-order valence-electron chi connectivity index (χ4n) is 1.38. The van der Waals surface area contributed by atoms with Crippen molar-refractivity contribution >= 4 is 60.5 Å². The average molecular weight is 395 g/mol. The number of halogens is 3. The van der Waals surface area contributed by atoms with E-state index in [0.717, 1.165) is 17.8 Å². The lowest BCUT2D eigenvalue weighted by Crippen LogP contribution is -2.30. The van der Waals surface area contributed by atoms with Gasteiger partial charge in [-0.2, -0.15) is 0 Å². The minimum Gasteiger partial charge on any atom is -0.210 e. The van der Waals surface area contributed by atoms with Crippen LogP contribution in [0.3, 0.4) is 0 Å². The summed E-state index contributed by atoms with van der Waals surface area (Å²) >= 11 is 16.1. The molecule has 0 aromatic carbocycles. The van der Waals surface area contributed by atoms with Gasteiger partial charge in [0.15, 0.2) is 0 Å². The highest BCUT2D eigenvalue weighted by molar-refractivity contribution is 9.09. The SMILES string of the molecule is CC(C)CC(Br)CNS(=O)(=O)c1cc(Cl)sc1Cl. The summed E-state index contributed by atoms with van der Waals surface area (Å²) in [6, 6.07) is 1.36. The van der Waals surface area contributed by atoms with Gasteiger partial charge in [-0.1, -0.05) is 53.0 Å². The van der Waals surface area contributed by atoms with Crippen LogP contribution in [0.4, 0.5) is 0 Å². The van der Waals surface area contributed by atoms with Gasteiger partial charge in [-0.3, -0.25) is 0 Å². The Bertz CT molecular complexity index is 502. The van der Waals surface area contributed by atoms with Gasteiger partial charge in [-0.05, 0) is 18.4 Å². The standard InChI is InChI=1S/C10H14BrCl2NO2S2/c1-6(2)3-7(11)5-14-18(15,16)8-4-9(12)17-10(8)13/h4,6-7,14H,3,5H2,1-2H3. The molecule has 0 saturated heterocycles. The van der Waals surface area contributed by atoms with Gasteiger partial charge < -0.3 is 0 Å². The van der Waals surface area contributed by atoms with Crippen LogP contribution in [-0.2, 0) is 10.0 Å². The highest BCUT2D eigenvalue weighted by atomic mass is 79.9. The molecule has 8 heteroatoms. The number of nitrogens with one attached hydrogen (secondary N) is 1. The summed E-state index contributed by atoms with van der Waals surface area (Å²) in [5.41, 5.74) is 0. The normalized spacial score (nSPS) is 14.1. The van der Waals surface area contributed by atoms with Gasteiger partial charge in [0, 0.05) is 11.4 Å². The van der Waals surface area contributed by atoms with Crippen LogP contribution < -0.4 is 4.72 Å². The maximum Gasteiger partial charge on any atom is 0.242 e. The first-order valence-corrected chi connectivity index (χ1v) is 9.28. The second-order valence-electron chi connectivity index (χ2n) is 4.27. The van der Waals surface area contributed by atoms with Crippen molar-refractivity contribution in [2.75, 3.05) is 6.54 Å². The Kier molecular flexibility index (Phi) is 6.41. The van der Waals surface area contributed by atoms with Crippen LogP contribution in [0.15, 0.2) is 11.0 Å². The number of alkyl halides is 1. The van der Waals surface area contributed by atoms with Crippen LogP contribution in [-0.4, -0.2) is 19.8 Å². The van der Waals surface area contributed by atoms with Crippen LogP contribution in [0.2, 0.25) is 8.67 Å². The maximum absolute atomic E-state index is 12.0. The van der Waals surface area contributed by atoms with E-state index >= 15 is 0 Å². The summed E-state index contributed by atoms with van der Waals surface area (Å²) in [5, 5.41) is 0. The highest BCUT2D eigenvalue weighted by Crippen LogP contribution is 2.34. The lowest BCUT2D eigenvalue weighted by Gasteiger charge is -2.13. The first-order valence-electron chi connectivity index (χ1n) is 5.31. The molecule has 0 aliphatic carbocycles. The molecule has 0 radical (unpaired) electrons. The molecule has 0 bridgehead atoms. The lowest BCUT2D eigenvalue weighted by atomic mass is 10.1. The summed E-state index contributed by atoms with van der Waals surface area (Å²) in [7, 11) is -3.59. The second kappa shape index (κ2) is 6.90. The van der Waals surface area contributed by atoms with E-state index in [1.807, 2.05) is 0 Å². The van der Waals surface area contributed by atoms with Gasteiger partial charge in [0.05, 0.1) is 4.34 Å². The Labute approximate surface area is 130 Å². The molecule has 1 aromatic heterocycles. The monoisotopic (exact) mass is 393 g/mol. The predicted octanol–water partition coefficient (Wildman–Crippen LogP) is 4.14. The number of thiophene rings is 1. The topological polar surface area (TPSA) is 46.2 Å². The zero-order chi connectivity index (χ0) is 13.9. The predicted molar refractivity (Wildman–Crippen MR) is 81.7 cm³/mol. The molecule has 1 rings (SSSR count). The van der Waals surface area contributed by atoms with E-state index < -0.39 is 10.0 Å². The Morgan fingerprint density at radius 2 is 2.06 bits per heavy atom. The Morgan fingerprint density at radius 1 is 1.44 bits per heavy atom. The third-order valence-corrected chi connectivity index (χ3v) is 6.01. The minimum absolute atomic E-state index is 0.0448. The van der Waals surface area contributed by atoms with Gasteiger partial charge in [0.2, 0.25) is 10.0 Å². The van der Waals surface area contributed by atoms with E-state index in [1.165, 1.54) is 6.07 Å². The molecule has 3 nitrogen and oxygen atoms in total. The van der Waals surface area contributed by atoms with Crippen molar-refractivity contribution in [3.63, 3.8) is 0 Å². The van der Waals surface area contributed by atoms with E-state index in [2.05, 4.69) is 34.5 Å². The quantitative estimate of drug-likeness (QED) is 0.736. The van der Waals surface area contributed by atoms with Crippen LogP contribution >= 0.6 is 50.5 Å². The van der Waals surface area contributed by atoms with Crippen molar-refractivity contribution in [1.29, 1.82) is 0 Å². The van der Waals surface area contributed by atoms with Gasteiger partial charge in [-0.25, -0.2) is 13.1 Å². The summed E-state index contributed by atoms with van der Waals surface area (Å²) in [4.78, 5) is 0.142. The van der Waals surface area contributed by atoms with Crippen molar-refractivity contribution in [2.45, 2.75) is 30.0 Å². The molecule has 0 amide bonds. The van der Waals surface area contributed by atoms with Crippen LogP contribution in [0, 0.1) is 5.92 Å². The van der Waals surface area contributed by atoms with Crippen molar-refractivity contribution in [1.82, 2.24) is 4.72 Å². The summed E-state index contributed by atoms with van der Waals surface area (Å²) in [5.74, 6) is 0.498. The van der Waals surface area contributed by atoms with E-state index in [9.17, 15) is 8.42 Å². The zero-order valence-corrected chi connectivity index (χ0v) is 14.6. The summed E-state index contributed by atoms with van der Waals surface area (Å²) < 4.78 is 27.0. The van der Waals surface area contributed by atoms with E-state index in [-0.39, 0.29) is 14.1 Å². The molecule has 0 aliphatic heterocycles. The molecule has 0 aliphatic rings. The number of hydrogen-bond donors (Lipinski definition) is 1. The number of sulfonamides is 1. The van der Waals surface area contributed by atoms with E-state index in [1.54, 1.807) is 0 Å². The smallest absolute Gasteiger partial charge is 0.210 e. The van der Waals surface area contributed by atoms with Crippen molar-refractivity contribution in [3.8, 4) is 0 Å². The molecular weight excluding hydrogens is 381 g/mol. The van der Waals surface area contributed by atoms with E-state index in [0.29, 0.717) is 16.8 Å². The van der Waals surface area contributed by atoms with Gasteiger partial charge in [0.1, 0.15) is 9.23 Å². The fourth-order valence-corrected chi connectivity index (χ4v) is 5.73. The lowest BCUT2D eigenvalue weighted by molar-refractivity contribution is 0.551. The molecule has 1 heterocycles. The number of rotatable bonds is 6. The largest absolute Gasteiger partial charge is 0.242 e. The molecule has 18 heavy (non-hydrogen) atoms. The van der Waals surface area contributed by atoms with Crippen LogP contribution in [0.1, 0.15) is 20.3 Å². The Hall–Kier alpha value is 0.670. The third kappa shape index (κ3) is 4.98. The Morgan fingerprint density at radius 3 is 2.50 bits per heavy atom. The van der Waals surface area contributed by atoms with Crippen LogP contribution in [0.25, 0.3) is 0 Å². The molecule has 0 spiro atoms. The first-order chi connectivity index (χ1) is 8.22. The molecule has 1 atom stereocenters. The Balaban J connectivity index is 2.69. The van der Waals surface area contributed by atoms with Gasteiger partial charge in [-0.15, -0.1) is 11.3 Å². The van der Waals surface area contributed by atoms with Crippen LogP contribution in [0.5, 0.6) is 0 Å². The first kappa shape index (κ1) is 16.7. The van der Waals surface area contributed by atoms with Gasteiger partial charge in [0.25, 0.3) is 0 Å². The molecule has 104 valence electrons. The molecule has 1 N–H and O–H groups in total. The van der Waals surface area contributed by atoms with E-state index in [4.69, 9.17) is 23.2 Å². The maximum atomic E-state index is 12.0. The number of hydrogen-bond acceptors (Lipinski definition) is 3. The second-order valence-corrected chi connectivity index (χ2v) is 9.58. The molecular formula is C10H14BrCl2NO2S2. The van der Waals surface area contributed by atoms with Crippen molar-refractivity contribution in [2.24, 2.45) is 5.92 Å². The average Bonchev–Trinajstić information content (AvgIpc) is 2.55. The molecule has 1 unspecified atom stereocenters. The minimum atomic E-state index is -3.59. The third-order valence-electron chi connectivity index (χ3n) is 2.14. The fraction of sp³-hybridized carbons (Fsp3) is 0.600. The summed E-state index contributed by atoms with van der Waals surface area (Å²) in [6.45, 7) is 4.49. The zero-order valence-electron chi connectivity index (χ0n) is 9.91. The molecule has 0 fully saturated rings. The van der Waals surface area contributed by atoms with Crippen molar-refractivity contribution < 1.29 is 8.42 Å². The molecule has 1 aromatic rings.